The Morgan fingerprint density at radius 1 is 1.31 bits per heavy atom. The zero-order chi connectivity index (χ0) is 18.7. The molecule has 1 aliphatic carbocycles. The van der Waals surface area contributed by atoms with E-state index in [-0.39, 0.29) is 28.9 Å². The molecule has 7 heteroatoms. The molecule has 6 nitrogen and oxygen atoms in total. The molecule has 2 aromatic rings. The third-order valence-corrected chi connectivity index (χ3v) is 4.58. The van der Waals surface area contributed by atoms with Gasteiger partial charge in [-0.3, -0.25) is 14.9 Å². The van der Waals surface area contributed by atoms with Gasteiger partial charge >= 0.3 is 5.69 Å². The molecule has 26 heavy (non-hydrogen) atoms. The van der Waals surface area contributed by atoms with E-state index in [1.54, 1.807) is 25.1 Å². The maximum Gasteiger partial charge on any atom is 0.311 e. The Labute approximate surface area is 156 Å². The van der Waals surface area contributed by atoms with Crippen LogP contribution in [0.2, 0.25) is 5.02 Å². The van der Waals surface area contributed by atoms with Crippen LogP contribution in [0.3, 0.4) is 0 Å². The van der Waals surface area contributed by atoms with Gasteiger partial charge in [-0.1, -0.05) is 23.7 Å². The van der Waals surface area contributed by atoms with Gasteiger partial charge < -0.3 is 10.1 Å². The highest BCUT2D eigenvalue weighted by molar-refractivity contribution is 6.30. The fraction of sp³-hybridized carbons (Fsp3) is 0.316. The minimum Gasteiger partial charge on any atom is -0.487 e. The predicted octanol–water partition coefficient (Wildman–Crippen LogP) is 4.53. The Morgan fingerprint density at radius 2 is 2.00 bits per heavy atom. The first-order chi connectivity index (χ1) is 12.5. The average molecular weight is 375 g/mol. The van der Waals surface area contributed by atoms with Crippen LogP contribution in [-0.4, -0.2) is 17.4 Å². The van der Waals surface area contributed by atoms with Crippen LogP contribution in [0.4, 0.5) is 5.69 Å². The monoisotopic (exact) mass is 374 g/mol. The lowest BCUT2D eigenvalue weighted by Crippen LogP contribution is -2.29. The van der Waals surface area contributed by atoms with E-state index < -0.39 is 4.92 Å². The number of benzene rings is 2. The van der Waals surface area contributed by atoms with Gasteiger partial charge in [-0.15, -0.1) is 0 Å². The van der Waals surface area contributed by atoms with Gasteiger partial charge in [0.15, 0.2) is 5.75 Å². The number of carbonyl (C=O) groups excluding carboxylic acids is 1. The second kappa shape index (κ2) is 7.74. The molecule has 0 aromatic heterocycles. The molecule has 0 bridgehead atoms. The van der Waals surface area contributed by atoms with E-state index in [0.717, 1.165) is 18.4 Å². The molecular weight excluding hydrogens is 356 g/mol. The van der Waals surface area contributed by atoms with Gasteiger partial charge in [0, 0.05) is 16.7 Å². The minimum atomic E-state index is -0.542. The van der Waals surface area contributed by atoms with Gasteiger partial charge in [-0.05, 0) is 55.5 Å². The molecule has 1 N–H and O–H groups in total. The Morgan fingerprint density at radius 3 is 2.58 bits per heavy atom. The number of nitro groups is 1. The van der Waals surface area contributed by atoms with Gasteiger partial charge in [0.05, 0.1) is 17.6 Å². The van der Waals surface area contributed by atoms with E-state index in [0.29, 0.717) is 17.5 Å². The van der Waals surface area contributed by atoms with Crippen molar-refractivity contribution < 1.29 is 14.5 Å². The number of carbonyl (C=O) groups is 1. The molecular formula is C19H19ClN2O4. The number of rotatable bonds is 7. The number of hydrogen-bond donors (Lipinski definition) is 1. The molecule has 1 amide bonds. The number of ether oxygens (including phenoxy) is 1. The molecule has 0 aliphatic heterocycles. The van der Waals surface area contributed by atoms with Crippen molar-refractivity contribution in [2.75, 3.05) is 6.61 Å². The SMILES string of the molecule is CCOc1ccc(C(=O)NC(c2ccc(Cl)cc2)C2CC2)cc1[N+](=O)[O-]. The number of nitro benzene ring substituents is 1. The Hall–Kier alpha value is -2.60. The van der Waals surface area contributed by atoms with Crippen LogP contribution in [0, 0.1) is 16.0 Å². The second-order valence-electron chi connectivity index (χ2n) is 6.21. The van der Waals surface area contributed by atoms with Crippen molar-refractivity contribution in [1.29, 1.82) is 0 Å². The quantitative estimate of drug-likeness (QED) is 0.570. The first kappa shape index (κ1) is 18.2. The summed E-state index contributed by atoms with van der Waals surface area (Å²) >= 11 is 5.94. The summed E-state index contributed by atoms with van der Waals surface area (Å²) < 4.78 is 5.26. The molecule has 1 unspecified atom stereocenters. The van der Waals surface area contributed by atoms with Gasteiger partial charge in [-0.25, -0.2) is 0 Å². The van der Waals surface area contributed by atoms with Crippen LogP contribution >= 0.6 is 11.6 Å². The lowest BCUT2D eigenvalue weighted by molar-refractivity contribution is -0.385. The van der Waals surface area contributed by atoms with Crippen molar-refractivity contribution >= 4 is 23.2 Å². The topological polar surface area (TPSA) is 81.5 Å². The highest BCUT2D eigenvalue weighted by atomic mass is 35.5. The molecule has 1 aliphatic rings. The summed E-state index contributed by atoms with van der Waals surface area (Å²) in [6.07, 6.45) is 2.08. The van der Waals surface area contributed by atoms with E-state index >= 15 is 0 Å². The van der Waals surface area contributed by atoms with Crippen LogP contribution in [0.25, 0.3) is 0 Å². The molecule has 136 valence electrons. The summed E-state index contributed by atoms with van der Waals surface area (Å²) in [5.41, 5.74) is 0.999. The van der Waals surface area contributed by atoms with Crippen molar-refractivity contribution in [2.24, 2.45) is 5.92 Å². The Kier molecular flexibility index (Phi) is 5.42. The van der Waals surface area contributed by atoms with Crippen LogP contribution < -0.4 is 10.1 Å². The summed E-state index contributed by atoms with van der Waals surface area (Å²) in [6.45, 7) is 2.06. The summed E-state index contributed by atoms with van der Waals surface area (Å²) in [5.74, 6) is 0.186. The van der Waals surface area contributed by atoms with Crippen LogP contribution in [0.15, 0.2) is 42.5 Å². The number of nitrogens with one attached hydrogen (secondary N) is 1. The van der Waals surface area contributed by atoms with Gasteiger partial charge in [0.25, 0.3) is 5.91 Å². The molecule has 0 heterocycles. The second-order valence-corrected chi connectivity index (χ2v) is 6.65. The van der Waals surface area contributed by atoms with Gasteiger partial charge in [0.2, 0.25) is 0 Å². The number of amides is 1. The minimum absolute atomic E-state index is 0.134. The molecule has 1 fully saturated rings. The normalized spacial score (nSPS) is 14.5. The first-order valence-electron chi connectivity index (χ1n) is 8.47. The number of nitrogens with zero attached hydrogens (tertiary/aromatic N) is 1. The fourth-order valence-corrected chi connectivity index (χ4v) is 3.00. The maximum atomic E-state index is 12.7. The first-order valence-corrected chi connectivity index (χ1v) is 8.85. The van der Waals surface area contributed by atoms with Crippen molar-refractivity contribution in [3.05, 3.63) is 68.7 Å². The zero-order valence-electron chi connectivity index (χ0n) is 14.3. The van der Waals surface area contributed by atoms with Crippen LogP contribution in [0.5, 0.6) is 5.75 Å². The smallest absolute Gasteiger partial charge is 0.311 e. The molecule has 3 rings (SSSR count). The highest BCUT2D eigenvalue weighted by Gasteiger charge is 2.34. The van der Waals surface area contributed by atoms with E-state index in [1.807, 2.05) is 12.1 Å². The number of halogens is 1. The third-order valence-electron chi connectivity index (χ3n) is 4.33. The van der Waals surface area contributed by atoms with Gasteiger partial charge in [-0.2, -0.15) is 0 Å². The Balaban J connectivity index is 1.82. The maximum absolute atomic E-state index is 12.7. The molecule has 1 atom stereocenters. The highest BCUT2D eigenvalue weighted by Crippen LogP contribution is 2.41. The van der Waals surface area contributed by atoms with E-state index in [2.05, 4.69) is 5.32 Å². The molecule has 0 saturated heterocycles. The van der Waals surface area contributed by atoms with E-state index in [4.69, 9.17) is 16.3 Å². The lowest BCUT2D eigenvalue weighted by Gasteiger charge is -2.19. The number of hydrogen-bond acceptors (Lipinski definition) is 4. The summed E-state index contributed by atoms with van der Waals surface area (Å²) in [4.78, 5) is 23.4. The largest absolute Gasteiger partial charge is 0.487 e. The van der Waals surface area contributed by atoms with E-state index in [1.165, 1.54) is 12.1 Å². The van der Waals surface area contributed by atoms with Crippen molar-refractivity contribution in [3.63, 3.8) is 0 Å². The van der Waals surface area contributed by atoms with Crippen molar-refractivity contribution in [3.8, 4) is 5.75 Å². The van der Waals surface area contributed by atoms with Gasteiger partial charge in [0.1, 0.15) is 0 Å². The van der Waals surface area contributed by atoms with Crippen molar-refractivity contribution in [1.82, 2.24) is 5.32 Å². The molecule has 0 spiro atoms. The summed E-state index contributed by atoms with van der Waals surface area (Å²) in [6, 6.07) is 11.5. The van der Waals surface area contributed by atoms with Crippen LogP contribution in [-0.2, 0) is 0 Å². The average Bonchev–Trinajstić information content (AvgIpc) is 3.46. The van der Waals surface area contributed by atoms with E-state index in [9.17, 15) is 14.9 Å². The van der Waals surface area contributed by atoms with Crippen LogP contribution in [0.1, 0.15) is 41.7 Å². The molecule has 1 saturated carbocycles. The lowest BCUT2D eigenvalue weighted by atomic mass is 10.0. The molecule has 0 radical (unpaired) electrons. The third kappa shape index (κ3) is 4.14. The molecule has 2 aromatic carbocycles. The summed E-state index contributed by atoms with van der Waals surface area (Å²) in [5, 5.41) is 14.9. The fourth-order valence-electron chi connectivity index (χ4n) is 2.88. The predicted molar refractivity (Wildman–Crippen MR) is 98.6 cm³/mol. The standard InChI is InChI=1S/C19H19ClN2O4/c1-2-26-17-10-7-14(11-16(17)22(24)25)19(23)21-18(12-3-4-12)13-5-8-15(20)9-6-13/h5-12,18H,2-4H2,1H3,(H,21,23). The Bertz CT molecular complexity index is 819. The van der Waals surface area contributed by atoms with Crippen molar-refractivity contribution in [2.45, 2.75) is 25.8 Å². The summed E-state index contributed by atoms with van der Waals surface area (Å²) in [7, 11) is 0. The zero-order valence-corrected chi connectivity index (χ0v) is 15.0.